The number of nitrogens with two attached hydrogens (primary N) is 1. The van der Waals surface area contributed by atoms with Crippen LogP contribution in [0.4, 0.5) is 13.2 Å². The molecular weight excluding hydrogens is 291 g/mol. The third kappa shape index (κ3) is 3.99. The standard InChI is InChI=1S/C11H14F3N5S/c12-11(13,14)8-1-2-16-9(18-8)7-17-10(15)19-3-5-20-6-4-19/h1-2H,3-7H2,(H2,15,17). The molecular formula is C11H14F3N5S. The lowest BCUT2D eigenvalue weighted by Gasteiger charge is -2.27. The summed E-state index contributed by atoms with van der Waals surface area (Å²) < 4.78 is 37.5. The van der Waals surface area contributed by atoms with Gasteiger partial charge in [0.25, 0.3) is 0 Å². The zero-order valence-electron chi connectivity index (χ0n) is 10.6. The Kier molecular flexibility index (Phi) is 4.69. The van der Waals surface area contributed by atoms with Crippen LogP contribution in [0.2, 0.25) is 0 Å². The maximum atomic E-state index is 12.5. The molecule has 0 aromatic carbocycles. The average molecular weight is 305 g/mol. The molecule has 0 bridgehead atoms. The zero-order valence-corrected chi connectivity index (χ0v) is 11.4. The van der Waals surface area contributed by atoms with Gasteiger partial charge in [0.15, 0.2) is 5.96 Å². The lowest BCUT2D eigenvalue weighted by Crippen LogP contribution is -2.42. The summed E-state index contributed by atoms with van der Waals surface area (Å²) in [4.78, 5) is 13.2. The first kappa shape index (κ1) is 14.9. The Morgan fingerprint density at radius 3 is 2.75 bits per heavy atom. The van der Waals surface area contributed by atoms with Crippen LogP contribution in [0.25, 0.3) is 0 Å². The van der Waals surface area contributed by atoms with E-state index in [0.29, 0.717) is 5.96 Å². The Morgan fingerprint density at radius 1 is 1.40 bits per heavy atom. The van der Waals surface area contributed by atoms with Crippen molar-refractivity contribution in [3.8, 4) is 0 Å². The molecule has 0 atom stereocenters. The second-order valence-corrected chi connectivity index (χ2v) is 5.35. The third-order valence-electron chi connectivity index (χ3n) is 2.71. The van der Waals surface area contributed by atoms with Gasteiger partial charge in [-0.15, -0.1) is 0 Å². The second-order valence-electron chi connectivity index (χ2n) is 4.13. The molecule has 0 unspecified atom stereocenters. The summed E-state index contributed by atoms with van der Waals surface area (Å²) in [6, 6.07) is 0.832. The topological polar surface area (TPSA) is 67.4 Å². The highest BCUT2D eigenvalue weighted by molar-refractivity contribution is 7.99. The van der Waals surface area contributed by atoms with Crippen molar-refractivity contribution in [2.24, 2.45) is 10.7 Å². The van der Waals surface area contributed by atoms with E-state index in [2.05, 4.69) is 15.0 Å². The maximum Gasteiger partial charge on any atom is 0.433 e. The van der Waals surface area contributed by atoms with Gasteiger partial charge in [0.05, 0.1) is 0 Å². The van der Waals surface area contributed by atoms with E-state index in [1.165, 1.54) is 0 Å². The summed E-state index contributed by atoms with van der Waals surface area (Å²) in [5.41, 5.74) is 4.84. The van der Waals surface area contributed by atoms with Gasteiger partial charge >= 0.3 is 6.18 Å². The van der Waals surface area contributed by atoms with Crippen LogP contribution < -0.4 is 5.73 Å². The highest BCUT2D eigenvalue weighted by Gasteiger charge is 2.32. The summed E-state index contributed by atoms with van der Waals surface area (Å²) in [5.74, 6) is 2.27. The molecule has 0 amide bonds. The molecule has 2 N–H and O–H groups in total. The van der Waals surface area contributed by atoms with Crippen molar-refractivity contribution in [1.29, 1.82) is 0 Å². The molecule has 2 rings (SSSR count). The Balaban J connectivity index is 2.02. The highest BCUT2D eigenvalue weighted by Crippen LogP contribution is 2.26. The molecule has 0 radical (unpaired) electrons. The van der Waals surface area contributed by atoms with Crippen LogP contribution in [0.3, 0.4) is 0 Å². The van der Waals surface area contributed by atoms with Gasteiger partial charge in [0, 0.05) is 30.8 Å². The number of aromatic nitrogens is 2. The first-order chi connectivity index (χ1) is 9.47. The Hall–Kier alpha value is -1.51. The quantitative estimate of drug-likeness (QED) is 0.660. The van der Waals surface area contributed by atoms with Crippen LogP contribution in [0.1, 0.15) is 11.5 Å². The number of nitrogens with zero attached hydrogens (tertiary/aromatic N) is 4. The van der Waals surface area contributed by atoms with Crippen molar-refractivity contribution in [2.45, 2.75) is 12.7 Å². The number of aliphatic imine (C=N–C) groups is 1. The molecule has 0 spiro atoms. The van der Waals surface area contributed by atoms with E-state index in [0.717, 1.165) is 36.9 Å². The molecule has 0 saturated carbocycles. The van der Waals surface area contributed by atoms with Gasteiger partial charge in [-0.1, -0.05) is 0 Å². The fraction of sp³-hybridized carbons (Fsp3) is 0.545. The van der Waals surface area contributed by atoms with E-state index in [-0.39, 0.29) is 12.4 Å². The number of rotatable bonds is 2. The number of halogens is 3. The van der Waals surface area contributed by atoms with Crippen molar-refractivity contribution in [3.63, 3.8) is 0 Å². The molecule has 1 aliphatic rings. The van der Waals surface area contributed by atoms with Gasteiger partial charge in [0.2, 0.25) is 0 Å². The van der Waals surface area contributed by atoms with Crippen molar-refractivity contribution in [3.05, 3.63) is 23.8 Å². The van der Waals surface area contributed by atoms with Gasteiger partial charge in [-0.3, -0.25) is 0 Å². The fourth-order valence-electron chi connectivity index (χ4n) is 1.68. The molecule has 0 aliphatic carbocycles. The lowest BCUT2D eigenvalue weighted by atomic mass is 10.4. The van der Waals surface area contributed by atoms with Crippen LogP contribution in [0, 0.1) is 0 Å². The minimum Gasteiger partial charge on any atom is -0.370 e. The Morgan fingerprint density at radius 2 is 2.10 bits per heavy atom. The number of alkyl halides is 3. The van der Waals surface area contributed by atoms with E-state index >= 15 is 0 Å². The predicted octanol–water partition coefficient (Wildman–Crippen LogP) is 1.36. The first-order valence-corrected chi connectivity index (χ1v) is 7.14. The van der Waals surface area contributed by atoms with Crippen LogP contribution in [0.5, 0.6) is 0 Å². The summed E-state index contributed by atoms with van der Waals surface area (Å²) >= 11 is 1.83. The fourth-order valence-corrected chi connectivity index (χ4v) is 2.58. The minimum absolute atomic E-state index is 0.00848. The lowest BCUT2D eigenvalue weighted by molar-refractivity contribution is -0.141. The molecule has 5 nitrogen and oxygen atoms in total. The molecule has 2 heterocycles. The molecule has 9 heteroatoms. The van der Waals surface area contributed by atoms with Gasteiger partial charge in [-0.25, -0.2) is 15.0 Å². The van der Waals surface area contributed by atoms with Crippen molar-refractivity contribution < 1.29 is 13.2 Å². The van der Waals surface area contributed by atoms with E-state index in [1.54, 1.807) is 0 Å². The van der Waals surface area contributed by atoms with Crippen molar-refractivity contribution in [1.82, 2.24) is 14.9 Å². The predicted molar refractivity (Wildman–Crippen MR) is 71.3 cm³/mol. The number of guanidine groups is 1. The van der Waals surface area contributed by atoms with Crippen LogP contribution in [0.15, 0.2) is 17.3 Å². The van der Waals surface area contributed by atoms with Crippen LogP contribution in [-0.2, 0) is 12.7 Å². The Labute approximate surface area is 118 Å². The summed E-state index contributed by atoms with van der Waals surface area (Å²) in [5, 5.41) is 0. The van der Waals surface area contributed by atoms with E-state index in [9.17, 15) is 13.2 Å². The first-order valence-electron chi connectivity index (χ1n) is 5.98. The number of hydrogen-bond acceptors (Lipinski definition) is 4. The normalized spacial score (nSPS) is 17.4. The molecule has 20 heavy (non-hydrogen) atoms. The van der Waals surface area contributed by atoms with Crippen molar-refractivity contribution >= 4 is 17.7 Å². The summed E-state index contributed by atoms with van der Waals surface area (Å²) in [6.45, 7) is 1.53. The summed E-state index contributed by atoms with van der Waals surface area (Å²) in [7, 11) is 0. The van der Waals surface area contributed by atoms with Gasteiger partial charge in [-0.05, 0) is 6.07 Å². The smallest absolute Gasteiger partial charge is 0.370 e. The minimum atomic E-state index is -4.48. The molecule has 1 aromatic rings. The van der Waals surface area contributed by atoms with E-state index < -0.39 is 11.9 Å². The SMILES string of the molecule is NC(=NCc1nccc(C(F)(F)F)n1)N1CCSCC1. The second kappa shape index (κ2) is 6.29. The molecule has 1 saturated heterocycles. The zero-order chi connectivity index (χ0) is 14.6. The number of thioether (sulfide) groups is 1. The third-order valence-corrected chi connectivity index (χ3v) is 3.66. The van der Waals surface area contributed by atoms with Gasteiger partial charge < -0.3 is 10.6 Å². The molecule has 110 valence electrons. The largest absolute Gasteiger partial charge is 0.433 e. The molecule has 1 aromatic heterocycles. The monoisotopic (exact) mass is 305 g/mol. The van der Waals surface area contributed by atoms with Gasteiger partial charge in [-0.2, -0.15) is 24.9 Å². The summed E-state index contributed by atoms with van der Waals surface area (Å²) in [6.07, 6.45) is -3.40. The average Bonchev–Trinajstić information content (AvgIpc) is 2.45. The number of hydrogen-bond donors (Lipinski definition) is 1. The maximum absolute atomic E-state index is 12.5. The highest BCUT2D eigenvalue weighted by atomic mass is 32.2. The van der Waals surface area contributed by atoms with Crippen LogP contribution in [-0.4, -0.2) is 45.4 Å². The van der Waals surface area contributed by atoms with E-state index in [1.807, 2.05) is 16.7 Å². The molecule has 1 fully saturated rings. The van der Waals surface area contributed by atoms with Crippen molar-refractivity contribution in [2.75, 3.05) is 24.6 Å². The van der Waals surface area contributed by atoms with E-state index in [4.69, 9.17) is 5.73 Å². The van der Waals surface area contributed by atoms with Gasteiger partial charge in [0.1, 0.15) is 18.1 Å². The van der Waals surface area contributed by atoms with Crippen LogP contribution >= 0.6 is 11.8 Å². The Bertz CT molecular complexity index is 485. The molecule has 1 aliphatic heterocycles.